The molecule has 3 N–H and O–H groups in total. The van der Waals surface area contributed by atoms with Crippen molar-refractivity contribution in [3.05, 3.63) is 48.7 Å². The van der Waals surface area contributed by atoms with Crippen molar-refractivity contribution in [2.75, 3.05) is 11.1 Å². The van der Waals surface area contributed by atoms with Crippen LogP contribution in [0.2, 0.25) is 0 Å². The van der Waals surface area contributed by atoms with Crippen LogP contribution in [0.1, 0.15) is 0 Å². The monoisotopic (exact) mass is 237 g/mol. The summed E-state index contributed by atoms with van der Waals surface area (Å²) in [7, 11) is 0. The van der Waals surface area contributed by atoms with Gasteiger partial charge in [-0.1, -0.05) is 18.2 Å². The highest BCUT2D eigenvalue weighted by molar-refractivity contribution is 5.76. The van der Waals surface area contributed by atoms with E-state index >= 15 is 0 Å². The highest BCUT2D eigenvalue weighted by Crippen LogP contribution is 2.15. The Morgan fingerprint density at radius 3 is 2.61 bits per heavy atom. The summed E-state index contributed by atoms with van der Waals surface area (Å²) in [5.41, 5.74) is 7.15. The van der Waals surface area contributed by atoms with Gasteiger partial charge in [-0.2, -0.15) is 4.98 Å². The fourth-order valence-corrected chi connectivity index (χ4v) is 1.63. The molecule has 0 saturated carbocycles. The zero-order valence-corrected chi connectivity index (χ0v) is 9.54. The van der Waals surface area contributed by atoms with Crippen molar-refractivity contribution in [3.8, 4) is 0 Å². The van der Waals surface area contributed by atoms with E-state index in [1.165, 1.54) is 0 Å². The number of fused-ring (bicyclic) bond motifs is 1. The van der Waals surface area contributed by atoms with Gasteiger partial charge in [0.05, 0.1) is 0 Å². The van der Waals surface area contributed by atoms with Crippen LogP contribution in [0.5, 0.6) is 0 Å². The largest absolute Gasteiger partial charge is 0.384 e. The molecule has 0 unspecified atom stereocenters. The van der Waals surface area contributed by atoms with E-state index < -0.39 is 0 Å². The first-order chi connectivity index (χ1) is 8.81. The molecule has 2 heterocycles. The first-order valence-electron chi connectivity index (χ1n) is 5.52. The van der Waals surface area contributed by atoms with Crippen molar-refractivity contribution < 1.29 is 0 Å². The molecule has 3 rings (SSSR count). The molecule has 0 spiro atoms. The summed E-state index contributed by atoms with van der Waals surface area (Å²) in [6, 6.07) is 13.3. The molecule has 18 heavy (non-hydrogen) atoms. The van der Waals surface area contributed by atoms with Crippen molar-refractivity contribution in [1.82, 2.24) is 15.0 Å². The number of nitrogens with two attached hydrogens (primary N) is 1. The highest BCUT2D eigenvalue weighted by atomic mass is 15.1. The van der Waals surface area contributed by atoms with Crippen LogP contribution in [-0.2, 0) is 0 Å². The third kappa shape index (κ3) is 2.06. The minimum absolute atomic E-state index is 0.451. The molecular formula is C13H11N5. The third-order valence-corrected chi connectivity index (χ3v) is 2.49. The first-order valence-corrected chi connectivity index (χ1v) is 5.52. The van der Waals surface area contributed by atoms with Gasteiger partial charge in [0.25, 0.3) is 0 Å². The second kappa shape index (κ2) is 4.29. The number of para-hydroxylation sites is 1. The smallest absolute Gasteiger partial charge is 0.229 e. The Labute approximate surface area is 104 Å². The molecule has 5 nitrogen and oxygen atoms in total. The Morgan fingerprint density at radius 1 is 0.944 bits per heavy atom. The molecular weight excluding hydrogens is 226 g/mol. The normalized spacial score (nSPS) is 10.4. The number of anilines is 3. The Bertz CT molecular complexity index is 681. The minimum Gasteiger partial charge on any atom is -0.384 e. The van der Waals surface area contributed by atoms with Gasteiger partial charge in [-0.3, -0.25) is 0 Å². The summed E-state index contributed by atoms with van der Waals surface area (Å²) in [4.78, 5) is 12.7. The zero-order chi connectivity index (χ0) is 12.4. The van der Waals surface area contributed by atoms with Crippen LogP contribution >= 0.6 is 0 Å². The number of hydrogen-bond donors (Lipinski definition) is 2. The Morgan fingerprint density at radius 2 is 1.78 bits per heavy atom. The summed E-state index contributed by atoms with van der Waals surface area (Å²) in [6.07, 6.45) is 1.72. The van der Waals surface area contributed by atoms with Gasteiger partial charge in [-0.05, 0) is 24.3 Å². The van der Waals surface area contributed by atoms with E-state index in [4.69, 9.17) is 5.73 Å². The topological polar surface area (TPSA) is 76.7 Å². The van der Waals surface area contributed by atoms with Crippen molar-refractivity contribution in [1.29, 1.82) is 0 Å². The van der Waals surface area contributed by atoms with E-state index in [0.29, 0.717) is 17.4 Å². The van der Waals surface area contributed by atoms with Crippen molar-refractivity contribution in [2.24, 2.45) is 0 Å². The molecule has 0 saturated heterocycles. The summed E-state index contributed by atoms with van der Waals surface area (Å²) in [6.45, 7) is 0. The predicted molar refractivity (Wildman–Crippen MR) is 71.5 cm³/mol. The van der Waals surface area contributed by atoms with E-state index in [2.05, 4.69) is 20.3 Å². The number of nitrogens with zero attached hydrogens (tertiary/aromatic N) is 3. The number of benzene rings is 1. The number of pyridine rings is 1. The number of nitrogens with one attached hydrogen (secondary N) is 1. The standard InChI is InChI=1S/C13H11N5/c14-11-7-6-9-8-15-13(18-12(9)17-11)16-10-4-2-1-3-5-10/h1-8H,(H3,14,15,16,17,18). The lowest BCUT2D eigenvalue weighted by molar-refractivity contribution is 1.18. The maximum atomic E-state index is 5.63. The predicted octanol–water partition coefficient (Wildman–Crippen LogP) is 2.35. The van der Waals surface area contributed by atoms with Crippen molar-refractivity contribution in [2.45, 2.75) is 0 Å². The van der Waals surface area contributed by atoms with Crippen LogP contribution in [0.15, 0.2) is 48.7 Å². The van der Waals surface area contributed by atoms with Gasteiger partial charge in [0, 0.05) is 17.3 Å². The lowest BCUT2D eigenvalue weighted by Gasteiger charge is -2.05. The molecule has 2 aromatic heterocycles. The average molecular weight is 237 g/mol. The molecule has 0 aliphatic heterocycles. The molecule has 88 valence electrons. The van der Waals surface area contributed by atoms with Crippen LogP contribution in [0.3, 0.4) is 0 Å². The maximum absolute atomic E-state index is 5.63. The second-order valence-electron chi connectivity index (χ2n) is 3.83. The molecule has 0 radical (unpaired) electrons. The van der Waals surface area contributed by atoms with Gasteiger partial charge >= 0.3 is 0 Å². The second-order valence-corrected chi connectivity index (χ2v) is 3.83. The van der Waals surface area contributed by atoms with E-state index in [9.17, 15) is 0 Å². The van der Waals surface area contributed by atoms with Crippen LogP contribution in [0.4, 0.5) is 17.5 Å². The number of hydrogen-bond acceptors (Lipinski definition) is 5. The molecule has 0 aliphatic rings. The molecule has 0 fully saturated rings. The molecule has 5 heteroatoms. The summed E-state index contributed by atoms with van der Waals surface area (Å²) < 4.78 is 0. The SMILES string of the molecule is Nc1ccc2cnc(Nc3ccccc3)nc2n1. The van der Waals surface area contributed by atoms with Gasteiger partial charge < -0.3 is 11.1 Å². The van der Waals surface area contributed by atoms with Crippen LogP contribution in [0.25, 0.3) is 11.0 Å². The Hall–Kier alpha value is -2.69. The Kier molecular flexibility index (Phi) is 2.49. The van der Waals surface area contributed by atoms with Gasteiger partial charge in [0.15, 0.2) is 5.65 Å². The molecule has 3 aromatic rings. The number of rotatable bonds is 2. The molecule has 1 aromatic carbocycles. The van der Waals surface area contributed by atoms with Gasteiger partial charge in [-0.15, -0.1) is 0 Å². The minimum atomic E-state index is 0.451. The fraction of sp³-hybridized carbons (Fsp3) is 0. The van der Waals surface area contributed by atoms with E-state index in [1.807, 2.05) is 36.4 Å². The number of aromatic nitrogens is 3. The quantitative estimate of drug-likeness (QED) is 0.715. The van der Waals surface area contributed by atoms with E-state index in [0.717, 1.165) is 11.1 Å². The van der Waals surface area contributed by atoms with Crippen LogP contribution in [-0.4, -0.2) is 15.0 Å². The average Bonchev–Trinajstić information content (AvgIpc) is 2.39. The van der Waals surface area contributed by atoms with Gasteiger partial charge in [-0.25, -0.2) is 9.97 Å². The summed E-state index contributed by atoms with van der Waals surface area (Å²) in [5, 5.41) is 3.98. The zero-order valence-electron chi connectivity index (χ0n) is 9.54. The van der Waals surface area contributed by atoms with Crippen molar-refractivity contribution >= 4 is 28.5 Å². The fourth-order valence-electron chi connectivity index (χ4n) is 1.63. The number of nitrogen functional groups attached to an aromatic ring is 1. The lowest BCUT2D eigenvalue weighted by Crippen LogP contribution is -1.99. The molecule has 0 atom stereocenters. The third-order valence-electron chi connectivity index (χ3n) is 2.49. The van der Waals surface area contributed by atoms with E-state index in [-0.39, 0.29) is 0 Å². The van der Waals surface area contributed by atoms with Gasteiger partial charge in [0.2, 0.25) is 5.95 Å². The van der Waals surface area contributed by atoms with Crippen molar-refractivity contribution in [3.63, 3.8) is 0 Å². The highest BCUT2D eigenvalue weighted by Gasteiger charge is 2.01. The molecule has 0 amide bonds. The maximum Gasteiger partial charge on any atom is 0.229 e. The van der Waals surface area contributed by atoms with Gasteiger partial charge in [0.1, 0.15) is 5.82 Å². The lowest BCUT2D eigenvalue weighted by atomic mass is 10.3. The summed E-state index contributed by atoms with van der Waals surface area (Å²) in [5.74, 6) is 0.957. The summed E-state index contributed by atoms with van der Waals surface area (Å²) >= 11 is 0. The van der Waals surface area contributed by atoms with Crippen LogP contribution < -0.4 is 11.1 Å². The first kappa shape index (κ1) is 10.5. The molecule has 0 bridgehead atoms. The Balaban J connectivity index is 1.98. The van der Waals surface area contributed by atoms with E-state index in [1.54, 1.807) is 12.3 Å². The molecule has 0 aliphatic carbocycles. The van der Waals surface area contributed by atoms with Crippen LogP contribution in [0, 0.1) is 0 Å².